The van der Waals surface area contributed by atoms with Crippen molar-refractivity contribution in [1.82, 2.24) is 33.6 Å². The van der Waals surface area contributed by atoms with E-state index >= 15 is 0 Å². The quantitative estimate of drug-likeness (QED) is 0.121. The SMILES string of the molecule is CC1(C)c2ccccc2-c2c1ccc1c2c2ccccc2n1-c1ccc(-c2nc(-c3ccccc3)[c]3c(n2)-c2cccc[c]2[Ge]3([c]2ccccc2)[c]2ccccc2)cc1.c1ccc(-c2nc(-c3ccc(-n4c5ccccc5c5c6c7ccccc7n(-c7ccccc7)c6ccc54)cc3)nc3[c]2[Ge]([c]2ccccc2)([c]2ccccc2)[c]2ccccc2-3)cc1. The molecule has 0 amide bonds. The van der Waals surface area contributed by atoms with Gasteiger partial charge in [-0.15, -0.1) is 0 Å². The fourth-order valence-corrected chi connectivity index (χ4v) is 43.2. The third-order valence-electron chi connectivity index (χ3n) is 26.3. The topological polar surface area (TPSA) is 66.3 Å². The zero-order valence-electron chi connectivity index (χ0n) is 67.1. The summed E-state index contributed by atoms with van der Waals surface area (Å²) in [7, 11) is 0. The Balaban J connectivity index is 0.000000138. The first kappa shape index (κ1) is 71.5. The first-order chi connectivity index (χ1) is 60.3. The molecule has 22 aromatic rings. The normalized spacial score (nSPS) is 13.5. The van der Waals surface area contributed by atoms with Crippen LogP contribution >= 0.6 is 0 Å². The van der Waals surface area contributed by atoms with Gasteiger partial charge in [0.2, 0.25) is 0 Å². The zero-order chi connectivity index (χ0) is 80.8. The number of hydrogen-bond donors (Lipinski definition) is 0. The van der Waals surface area contributed by atoms with E-state index in [-0.39, 0.29) is 5.41 Å². The van der Waals surface area contributed by atoms with Crippen molar-refractivity contribution in [2.24, 2.45) is 0 Å². The fraction of sp³-hybridized carbons (Fsp3) is 0.0265. The van der Waals surface area contributed by atoms with Gasteiger partial charge in [0.15, 0.2) is 0 Å². The van der Waals surface area contributed by atoms with Gasteiger partial charge < -0.3 is 4.57 Å². The van der Waals surface area contributed by atoms with Crippen molar-refractivity contribution in [3.8, 4) is 96.0 Å². The maximum absolute atomic E-state index is 5.62. The van der Waals surface area contributed by atoms with Crippen LogP contribution in [0.5, 0.6) is 0 Å². The van der Waals surface area contributed by atoms with Gasteiger partial charge in [0.25, 0.3) is 0 Å². The molecule has 0 N–H and O–H groups in total. The number of aromatic nitrogens is 7. The summed E-state index contributed by atoms with van der Waals surface area (Å²) < 4.78 is 18.2. The first-order valence-electron chi connectivity index (χ1n) is 42.1. The number of para-hydroxylation sites is 4. The van der Waals surface area contributed by atoms with E-state index in [4.69, 9.17) is 19.9 Å². The van der Waals surface area contributed by atoms with Crippen molar-refractivity contribution in [2.75, 3.05) is 0 Å². The van der Waals surface area contributed by atoms with Crippen molar-refractivity contribution in [3.05, 3.63) is 442 Å². The van der Waals surface area contributed by atoms with Gasteiger partial charge in [0, 0.05) is 16.5 Å². The molecule has 2 aliphatic heterocycles. The summed E-state index contributed by atoms with van der Waals surface area (Å²) in [5.74, 6) is 1.47. The molecule has 0 radical (unpaired) electrons. The second-order valence-electron chi connectivity index (χ2n) is 32.9. The molecule has 572 valence electrons. The maximum atomic E-state index is 5.62. The van der Waals surface area contributed by atoms with Gasteiger partial charge in [0.05, 0.1) is 11.0 Å². The summed E-state index contributed by atoms with van der Waals surface area (Å²) in [6.45, 7) is 4.72. The van der Waals surface area contributed by atoms with Crippen LogP contribution in [0.15, 0.2) is 431 Å². The number of fused-ring (bicyclic) bond motifs is 20. The Morgan fingerprint density at radius 1 is 0.221 bits per heavy atom. The number of hydrogen-bond acceptors (Lipinski definition) is 4. The molecule has 122 heavy (non-hydrogen) atoms. The molecule has 0 fully saturated rings. The van der Waals surface area contributed by atoms with E-state index in [1.165, 1.54) is 134 Å². The van der Waals surface area contributed by atoms with Crippen LogP contribution in [-0.4, -0.2) is 60.2 Å². The van der Waals surface area contributed by atoms with E-state index in [9.17, 15) is 0 Å². The summed E-state index contributed by atoms with van der Waals surface area (Å²) in [5, 5.41) is 7.60. The molecule has 0 bridgehead atoms. The summed E-state index contributed by atoms with van der Waals surface area (Å²) in [6.07, 6.45) is 0. The molecule has 0 saturated carbocycles. The number of rotatable bonds is 11. The van der Waals surface area contributed by atoms with Crippen molar-refractivity contribution in [2.45, 2.75) is 19.3 Å². The minimum atomic E-state index is -3.64. The first-order valence-corrected chi connectivity index (χ1v) is 50.5. The van der Waals surface area contributed by atoms with Gasteiger partial charge in [-0.3, -0.25) is 0 Å². The Kier molecular flexibility index (Phi) is 16.6. The third kappa shape index (κ3) is 10.6. The summed E-state index contributed by atoms with van der Waals surface area (Å²) in [5.41, 5.74) is 26.7. The zero-order valence-corrected chi connectivity index (χ0v) is 71.3. The van der Waals surface area contributed by atoms with Crippen LogP contribution in [0.3, 0.4) is 0 Å². The van der Waals surface area contributed by atoms with Gasteiger partial charge in [-0.25, -0.2) is 0 Å². The van der Waals surface area contributed by atoms with Crippen LogP contribution in [0.2, 0.25) is 0 Å². The molecule has 7 heterocycles. The molecule has 0 saturated heterocycles. The van der Waals surface area contributed by atoms with E-state index in [0.29, 0.717) is 0 Å². The molecule has 7 nitrogen and oxygen atoms in total. The third-order valence-corrected chi connectivity index (χ3v) is 46.7. The van der Waals surface area contributed by atoms with Crippen LogP contribution < -0.4 is 35.2 Å². The van der Waals surface area contributed by atoms with Gasteiger partial charge in [0.1, 0.15) is 0 Å². The van der Waals surface area contributed by atoms with Crippen LogP contribution in [0.1, 0.15) is 25.0 Å². The Morgan fingerprint density at radius 2 is 0.525 bits per heavy atom. The van der Waals surface area contributed by atoms with Crippen LogP contribution in [0, 0.1) is 0 Å². The van der Waals surface area contributed by atoms with Crippen LogP contribution in [-0.2, 0) is 5.41 Å². The van der Waals surface area contributed by atoms with E-state index in [1.54, 1.807) is 0 Å². The van der Waals surface area contributed by atoms with Gasteiger partial charge in [-0.05, 0) is 34.9 Å². The minimum absolute atomic E-state index is 0.0643. The Hall–Kier alpha value is -14.6. The molecule has 25 rings (SSSR count). The predicted octanol–water partition coefficient (Wildman–Crippen LogP) is 21.9. The predicted molar refractivity (Wildman–Crippen MR) is 512 cm³/mol. The second-order valence-corrected chi connectivity index (χ2v) is 48.4. The number of nitrogens with zero attached hydrogens (tertiary/aromatic N) is 7. The molecule has 5 aromatic heterocycles. The molecule has 0 unspecified atom stereocenters. The Morgan fingerprint density at radius 3 is 0.934 bits per heavy atom. The van der Waals surface area contributed by atoms with Crippen molar-refractivity contribution in [3.63, 3.8) is 0 Å². The van der Waals surface area contributed by atoms with E-state index in [0.717, 1.165) is 73.7 Å². The van der Waals surface area contributed by atoms with Gasteiger partial charge in [-0.2, -0.15) is 0 Å². The monoisotopic (exact) mass is 1680 g/mol. The molecule has 3 aliphatic rings. The number of benzene rings is 17. The van der Waals surface area contributed by atoms with E-state index in [2.05, 4.69) is 458 Å². The van der Waals surface area contributed by atoms with Crippen molar-refractivity contribution < 1.29 is 0 Å². The molecule has 0 spiro atoms. The molecule has 9 heteroatoms. The van der Waals surface area contributed by atoms with Crippen molar-refractivity contribution in [1.29, 1.82) is 0 Å². The summed E-state index contributed by atoms with van der Waals surface area (Å²) >= 11 is -7.26. The van der Waals surface area contributed by atoms with E-state index < -0.39 is 26.5 Å². The molecular weight excluding hydrogens is 1600 g/mol. The summed E-state index contributed by atoms with van der Waals surface area (Å²) in [4.78, 5) is 22.4. The van der Waals surface area contributed by atoms with Gasteiger partial charge >= 0.3 is 564 Å². The Labute approximate surface area is 712 Å². The van der Waals surface area contributed by atoms with Crippen LogP contribution in [0.25, 0.3) is 161 Å². The van der Waals surface area contributed by atoms with Crippen LogP contribution in [0.4, 0.5) is 0 Å². The van der Waals surface area contributed by atoms with Crippen molar-refractivity contribution >= 4 is 127 Å². The average Bonchev–Trinajstić information content (AvgIpc) is 1.52. The molecular formula is C113H77Ge2N7. The fourth-order valence-electron chi connectivity index (χ4n) is 21.2. The second kappa shape index (κ2) is 28.3. The molecule has 0 atom stereocenters. The molecule has 17 aromatic carbocycles. The summed E-state index contributed by atoms with van der Waals surface area (Å²) in [6, 6.07) is 157. The Bertz CT molecular complexity index is 7850. The van der Waals surface area contributed by atoms with E-state index in [1.807, 2.05) is 0 Å². The molecule has 1 aliphatic carbocycles. The standard InChI is InChI=1S/C58H38GeN4.C55H39GeN3/c1-5-19-39(20-6-1)56-55-57(45-27-13-16-30-48(45)59(55,41-21-7-2-8-22-41)42-23-9-3-10-24-42)61-58(60-56)40-33-35-44(36-34-40)63-50-32-18-15-29-47(50)54-52(63)38-37-51-53(54)46-28-14-17-31-49(46)62(51)43-25-11-4-12-26-43;1-55(2)44-27-15-12-24-41(44)49-45(55)34-35-48-50(49)43-26-14-17-29-47(43)59(48)40-32-30-37(31-33-40)54-57-52(36-18-6-3-7-19-36)51-53(58-54)42-25-13-16-28-46(42)56(51,38-20-8-4-9-21-38)39-22-10-5-11-23-39/h1-38H;3-35H,1-2H3. The average molecular weight is 1680 g/mol. The van der Waals surface area contributed by atoms with Gasteiger partial charge in [-0.1, -0.05) is 86.6 Å².